The van der Waals surface area contributed by atoms with Crippen LogP contribution in [0.4, 0.5) is 0 Å². The summed E-state index contributed by atoms with van der Waals surface area (Å²) in [6.45, 7) is 3.59. The lowest BCUT2D eigenvalue weighted by Crippen LogP contribution is -2.47. The Labute approximate surface area is 126 Å². The summed E-state index contributed by atoms with van der Waals surface area (Å²) in [5.41, 5.74) is 5.81. The first-order valence-corrected chi connectivity index (χ1v) is 7.31. The van der Waals surface area contributed by atoms with Crippen molar-refractivity contribution in [1.29, 1.82) is 0 Å². The van der Waals surface area contributed by atoms with E-state index in [0.29, 0.717) is 10.6 Å². The van der Waals surface area contributed by atoms with Gasteiger partial charge in [-0.1, -0.05) is 23.8 Å². The monoisotopic (exact) mass is 304 g/mol. The molecule has 0 aliphatic rings. The van der Waals surface area contributed by atoms with Crippen LogP contribution in [0.25, 0.3) is 0 Å². The van der Waals surface area contributed by atoms with Crippen molar-refractivity contribution in [3.8, 4) is 5.75 Å². The number of carbonyl (C=O) groups excluding carboxylic acids is 2. The Bertz CT molecular complexity index is 608. The molecule has 21 heavy (non-hydrogen) atoms. The summed E-state index contributed by atoms with van der Waals surface area (Å²) in [7, 11) is 0. The van der Waals surface area contributed by atoms with E-state index in [0.717, 1.165) is 5.56 Å². The van der Waals surface area contributed by atoms with Crippen LogP contribution in [0.5, 0.6) is 5.75 Å². The van der Waals surface area contributed by atoms with Crippen LogP contribution in [0.2, 0.25) is 0 Å². The minimum Gasteiger partial charge on any atom is -0.481 e. The van der Waals surface area contributed by atoms with Crippen molar-refractivity contribution in [1.82, 2.24) is 10.9 Å². The number of carbonyl (C=O) groups is 2. The fourth-order valence-corrected chi connectivity index (χ4v) is 2.18. The zero-order valence-corrected chi connectivity index (χ0v) is 12.6. The maximum Gasteiger partial charge on any atom is 0.279 e. The second-order valence-corrected chi connectivity index (χ2v) is 5.44. The predicted molar refractivity (Wildman–Crippen MR) is 81.2 cm³/mol. The van der Waals surface area contributed by atoms with Gasteiger partial charge in [0.25, 0.3) is 11.8 Å². The van der Waals surface area contributed by atoms with Gasteiger partial charge in [0, 0.05) is 0 Å². The van der Waals surface area contributed by atoms with Gasteiger partial charge in [-0.3, -0.25) is 20.4 Å². The van der Waals surface area contributed by atoms with Gasteiger partial charge in [-0.15, -0.1) is 11.3 Å². The molecule has 0 aliphatic carbocycles. The summed E-state index contributed by atoms with van der Waals surface area (Å²) in [5.74, 6) is -0.158. The molecule has 1 atom stereocenters. The smallest absolute Gasteiger partial charge is 0.279 e. The Morgan fingerprint density at radius 1 is 1.14 bits per heavy atom. The Hall–Kier alpha value is -2.34. The second kappa shape index (κ2) is 6.90. The number of rotatable bonds is 4. The SMILES string of the molecule is Cc1ccc(O[C@H](C)C(=O)NNC(=O)c2cccs2)cc1. The van der Waals surface area contributed by atoms with Gasteiger partial charge in [0.15, 0.2) is 6.10 Å². The maximum atomic E-state index is 11.8. The topological polar surface area (TPSA) is 67.4 Å². The third-order valence-corrected chi connectivity index (χ3v) is 3.62. The fraction of sp³-hybridized carbons (Fsp3) is 0.200. The van der Waals surface area contributed by atoms with Gasteiger partial charge in [-0.05, 0) is 37.4 Å². The number of hydrazine groups is 1. The highest BCUT2D eigenvalue weighted by molar-refractivity contribution is 7.12. The van der Waals surface area contributed by atoms with E-state index in [1.165, 1.54) is 11.3 Å². The van der Waals surface area contributed by atoms with Crippen LogP contribution in [-0.2, 0) is 4.79 Å². The molecule has 0 saturated carbocycles. The highest BCUT2D eigenvalue weighted by Gasteiger charge is 2.16. The van der Waals surface area contributed by atoms with E-state index < -0.39 is 12.0 Å². The third-order valence-electron chi connectivity index (χ3n) is 2.75. The van der Waals surface area contributed by atoms with Gasteiger partial charge in [-0.25, -0.2) is 0 Å². The molecule has 0 unspecified atom stereocenters. The highest BCUT2D eigenvalue weighted by Crippen LogP contribution is 2.13. The van der Waals surface area contributed by atoms with Crippen LogP contribution in [-0.4, -0.2) is 17.9 Å². The molecule has 110 valence electrons. The number of hydrogen-bond acceptors (Lipinski definition) is 4. The van der Waals surface area contributed by atoms with Gasteiger partial charge in [-0.2, -0.15) is 0 Å². The maximum absolute atomic E-state index is 11.8. The zero-order chi connectivity index (χ0) is 15.2. The number of hydrogen-bond donors (Lipinski definition) is 2. The molecule has 2 aromatic rings. The summed E-state index contributed by atoms with van der Waals surface area (Å²) in [4.78, 5) is 24.0. The standard InChI is InChI=1S/C15H16N2O3S/c1-10-5-7-12(8-6-10)20-11(2)14(18)16-17-15(19)13-4-3-9-21-13/h3-9,11H,1-2H3,(H,16,18)(H,17,19)/t11-/m1/s1. The van der Waals surface area contributed by atoms with E-state index in [1.54, 1.807) is 36.6 Å². The molecule has 2 amide bonds. The summed E-state index contributed by atoms with van der Waals surface area (Å²) in [5, 5.41) is 1.79. The normalized spacial score (nSPS) is 11.5. The molecule has 0 spiro atoms. The average Bonchev–Trinajstić information content (AvgIpc) is 3.01. The molecule has 1 aromatic carbocycles. The number of thiophene rings is 1. The molecule has 0 radical (unpaired) electrons. The van der Waals surface area contributed by atoms with E-state index in [9.17, 15) is 9.59 Å². The Morgan fingerprint density at radius 3 is 2.48 bits per heavy atom. The average molecular weight is 304 g/mol. The highest BCUT2D eigenvalue weighted by atomic mass is 32.1. The quantitative estimate of drug-likeness (QED) is 0.852. The Morgan fingerprint density at radius 2 is 1.86 bits per heavy atom. The van der Waals surface area contributed by atoms with Crippen molar-refractivity contribution >= 4 is 23.2 Å². The summed E-state index contributed by atoms with van der Waals surface area (Å²) >= 11 is 1.30. The van der Waals surface area contributed by atoms with Crippen LogP contribution in [0.3, 0.4) is 0 Å². The molecular weight excluding hydrogens is 288 g/mol. The Balaban J connectivity index is 1.82. The number of aryl methyl sites for hydroxylation is 1. The van der Waals surface area contributed by atoms with E-state index >= 15 is 0 Å². The van der Waals surface area contributed by atoms with Crippen LogP contribution < -0.4 is 15.6 Å². The lowest BCUT2D eigenvalue weighted by atomic mass is 10.2. The first-order chi connectivity index (χ1) is 10.1. The van der Waals surface area contributed by atoms with Crippen LogP contribution in [0.1, 0.15) is 22.2 Å². The number of benzene rings is 1. The van der Waals surface area contributed by atoms with Crippen molar-refractivity contribution in [3.05, 3.63) is 52.2 Å². The molecule has 6 heteroatoms. The van der Waals surface area contributed by atoms with Gasteiger partial charge in [0.2, 0.25) is 0 Å². The molecule has 0 bridgehead atoms. The molecule has 0 aliphatic heterocycles. The van der Waals surface area contributed by atoms with E-state index in [1.807, 2.05) is 19.1 Å². The number of amides is 2. The largest absolute Gasteiger partial charge is 0.481 e. The zero-order valence-electron chi connectivity index (χ0n) is 11.8. The number of nitrogens with one attached hydrogen (secondary N) is 2. The van der Waals surface area contributed by atoms with Crippen molar-refractivity contribution in [2.45, 2.75) is 20.0 Å². The van der Waals surface area contributed by atoms with E-state index in [2.05, 4.69) is 10.9 Å². The molecule has 0 fully saturated rings. The van der Waals surface area contributed by atoms with Gasteiger partial charge >= 0.3 is 0 Å². The number of ether oxygens (including phenoxy) is 1. The second-order valence-electron chi connectivity index (χ2n) is 4.49. The van der Waals surface area contributed by atoms with Crippen molar-refractivity contribution < 1.29 is 14.3 Å². The molecule has 2 rings (SSSR count). The Kier molecular flexibility index (Phi) is 4.94. The lowest BCUT2D eigenvalue weighted by Gasteiger charge is -2.15. The molecule has 1 heterocycles. The van der Waals surface area contributed by atoms with Crippen molar-refractivity contribution in [2.24, 2.45) is 0 Å². The molecular formula is C15H16N2O3S. The van der Waals surface area contributed by atoms with Crippen LogP contribution in [0.15, 0.2) is 41.8 Å². The summed E-state index contributed by atoms with van der Waals surface area (Å²) < 4.78 is 5.49. The van der Waals surface area contributed by atoms with E-state index in [4.69, 9.17) is 4.74 Å². The summed E-state index contributed by atoms with van der Waals surface area (Å²) in [6.07, 6.45) is -0.712. The van der Waals surface area contributed by atoms with Gasteiger partial charge < -0.3 is 4.74 Å². The predicted octanol–water partition coefficient (Wildman–Crippen LogP) is 2.29. The van der Waals surface area contributed by atoms with Crippen LogP contribution >= 0.6 is 11.3 Å². The van der Waals surface area contributed by atoms with Crippen LogP contribution in [0, 0.1) is 6.92 Å². The van der Waals surface area contributed by atoms with Crippen molar-refractivity contribution in [3.63, 3.8) is 0 Å². The van der Waals surface area contributed by atoms with Gasteiger partial charge in [0.1, 0.15) is 5.75 Å². The van der Waals surface area contributed by atoms with E-state index in [-0.39, 0.29) is 5.91 Å². The van der Waals surface area contributed by atoms with Gasteiger partial charge in [0.05, 0.1) is 4.88 Å². The summed E-state index contributed by atoms with van der Waals surface area (Å²) in [6, 6.07) is 10.8. The molecule has 0 saturated heterocycles. The minimum atomic E-state index is -0.712. The first kappa shape index (κ1) is 15.1. The molecule has 1 aromatic heterocycles. The molecule has 2 N–H and O–H groups in total. The lowest BCUT2D eigenvalue weighted by molar-refractivity contribution is -0.128. The third kappa shape index (κ3) is 4.32. The minimum absolute atomic E-state index is 0.346. The van der Waals surface area contributed by atoms with Crippen molar-refractivity contribution in [2.75, 3.05) is 0 Å². The fourth-order valence-electron chi connectivity index (χ4n) is 1.56. The molecule has 5 nitrogen and oxygen atoms in total. The first-order valence-electron chi connectivity index (χ1n) is 6.43.